The topological polar surface area (TPSA) is 49.0 Å². The number of anilines is 1. The number of fused-ring (bicyclic) bond motifs is 2. The Morgan fingerprint density at radius 3 is 2.96 bits per heavy atom. The van der Waals surface area contributed by atoms with Crippen molar-refractivity contribution >= 4 is 34.1 Å². The molecule has 1 aromatic heterocycles. The van der Waals surface area contributed by atoms with Crippen molar-refractivity contribution in [2.45, 2.75) is 12.8 Å². The Labute approximate surface area is 136 Å². The zero-order chi connectivity index (χ0) is 16.1. The van der Waals surface area contributed by atoms with Crippen molar-refractivity contribution in [1.29, 1.82) is 0 Å². The largest absolute Gasteiger partial charge is 0.315 e. The van der Waals surface area contributed by atoms with Crippen molar-refractivity contribution in [2.75, 3.05) is 11.9 Å². The molecule has 1 aliphatic rings. The fourth-order valence-corrected chi connectivity index (χ4v) is 3.32. The maximum absolute atomic E-state index is 14.7. The normalized spacial score (nSPS) is 14.4. The molecule has 2 aromatic carbocycles. The van der Waals surface area contributed by atoms with Crippen LogP contribution in [-0.2, 0) is 11.2 Å². The molecular formula is C17H13ClFN3O. The average Bonchev–Trinajstić information content (AvgIpc) is 3.05. The lowest BCUT2D eigenvalue weighted by Gasteiger charge is -2.26. The monoisotopic (exact) mass is 329 g/mol. The molecule has 1 N–H and O–H groups in total. The molecule has 23 heavy (non-hydrogen) atoms. The Bertz CT molecular complexity index is 950. The lowest BCUT2D eigenvalue weighted by Crippen LogP contribution is -2.30. The van der Waals surface area contributed by atoms with Crippen LogP contribution in [0, 0.1) is 5.82 Å². The smallest absolute Gasteiger partial charge is 0.227 e. The summed E-state index contributed by atoms with van der Waals surface area (Å²) in [5, 5.41) is 7.60. The van der Waals surface area contributed by atoms with E-state index in [1.54, 1.807) is 30.3 Å². The van der Waals surface area contributed by atoms with E-state index in [0.29, 0.717) is 28.8 Å². The number of aryl methyl sites for hydroxylation is 1. The fraction of sp³-hybridized carbons (Fsp3) is 0.176. The second-order valence-electron chi connectivity index (χ2n) is 5.66. The number of aromatic nitrogens is 2. The number of aromatic amines is 1. The molecule has 0 spiro atoms. The Hall–Kier alpha value is -2.40. The van der Waals surface area contributed by atoms with Gasteiger partial charge in [0.15, 0.2) is 5.82 Å². The van der Waals surface area contributed by atoms with Gasteiger partial charge in [0, 0.05) is 36.3 Å². The zero-order valence-electron chi connectivity index (χ0n) is 12.4. The van der Waals surface area contributed by atoms with Gasteiger partial charge < -0.3 is 4.90 Å². The van der Waals surface area contributed by atoms with Gasteiger partial charge in [-0.1, -0.05) is 17.7 Å². The Morgan fingerprint density at radius 2 is 2.13 bits per heavy atom. The molecule has 116 valence electrons. The Kier molecular flexibility index (Phi) is 3.13. The van der Waals surface area contributed by atoms with Gasteiger partial charge in [-0.05, 0) is 35.7 Å². The summed E-state index contributed by atoms with van der Waals surface area (Å²) >= 11 is 6.23. The molecule has 0 atom stereocenters. The first kappa shape index (κ1) is 14.2. The molecule has 4 rings (SSSR count). The Morgan fingerprint density at radius 1 is 1.30 bits per heavy atom. The summed E-state index contributed by atoms with van der Waals surface area (Å²) < 4.78 is 14.7. The summed E-state index contributed by atoms with van der Waals surface area (Å²) in [7, 11) is 1.76. The summed E-state index contributed by atoms with van der Waals surface area (Å²) in [5.74, 6) is -0.303. The van der Waals surface area contributed by atoms with Crippen molar-refractivity contribution in [3.8, 4) is 11.1 Å². The number of nitrogens with zero attached hydrogens (tertiary/aromatic N) is 2. The minimum Gasteiger partial charge on any atom is -0.315 e. The molecule has 3 aromatic rings. The number of hydrogen-bond donors (Lipinski definition) is 1. The number of amides is 1. The van der Waals surface area contributed by atoms with Crippen molar-refractivity contribution in [3.05, 3.63) is 46.9 Å². The van der Waals surface area contributed by atoms with E-state index in [1.807, 2.05) is 12.1 Å². The SMILES string of the molecule is CN1C(=O)CCc2cc(-c3cc(Cl)c4c[nH]nc4c3F)ccc21. The highest BCUT2D eigenvalue weighted by Crippen LogP contribution is 2.36. The Balaban J connectivity index is 1.89. The number of halogens is 2. The van der Waals surface area contributed by atoms with Crippen LogP contribution in [-0.4, -0.2) is 23.2 Å². The van der Waals surface area contributed by atoms with Gasteiger partial charge in [-0.2, -0.15) is 5.10 Å². The van der Waals surface area contributed by atoms with Crippen molar-refractivity contribution in [3.63, 3.8) is 0 Å². The van der Waals surface area contributed by atoms with Crippen LogP contribution in [0.15, 0.2) is 30.5 Å². The maximum atomic E-state index is 14.7. The second-order valence-corrected chi connectivity index (χ2v) is 6.07. The minimum atomic E-state index is -0.397. The molecular weight excluding hydrogens is 317 g/mol. The predicted octanol–water partition coefficient (Wildman–Crippen LogP) is 3.93. The minimum absolute atomic E-state index is 0.0948. The summed E-state index contributed by atoms with van der Waals surface area (Å²) in [6, 6.07) is 7.20. The summed E-state index contributed by atoms with van der Waals surface area (Å²) in [5.41, 5.74) is 3.28. The van der Waals surface area contributed by atoms with Gasteiger partial charge >= 0.3 is 0 Å². The standard InChI is InChI=1S/C17H13ClFN3O/c1-22-14-4-2-9(6-10(14)3-5-15(22)23)11-7-13(18)12-8-20-21-17(12)16(11)19/h2,4,6-8H,3,5H2,1H3,(H,20,21). The third kappa shape index (κ3) is 2.11. The number of carbonyl (C=O) groups is 1. The third-order valence-corrected chi connectivity index (χ3v) is 4.66. The van der Waals surface area contributed by atoms with Gasteiger partial charge in [-0.3, -0.25) is 9.89 Å². The summed E-state index contributed by atoms with van der Waals surface area (Å²) in [6.07, 6.45) is 2.71. The van der Waals surface area contributed by atoms with Crippen LogP contribution in [0.4, 0.5) is 10.1 Å². The van der Waals surface area contributed by atoms with Crippen LogP contribution >= 0.6 is 11.6 Å². The number of carbonyl (C=O) groups excluding carboxylic acids is 1. The number of rotatable bonds is 1. The quantitative estimate of drug-likeness (QED) is 0.735. The van der Waals surface area contributed by atoms with Gasteiger partial charge in [0.25, 0.3) is 0 Å². The van der Waals surface area contributed by atoms with Gasteiger partial charge in [0.2, 0.25) is 5.91 Å². The zero-order valence-corrected chi connectivity index (χ0v) is 13.1. The number of hydrogen-bond acceptors (Lipinski definition) is 2. The van der Waals surface area contributed by atoms with Gasteiger partial charge in [0.05, 0.1) is 5.02 Å². The highest BCUT2D eigenvalue weighted by Gasteiger charge is 2.22. The molecule has 0 aliphatic carbocycles. The molecule has 4 nitrogen and oxygen atoms in total. The molecule has 0 saturated carbocycles. The van der Waals surface area contributed by atoms with Crippen molar-refractivity contribution < 1.29 is 9.18 Å². The molecule has 0 radical (unpaired) electrons. The first-order valence-corrected chi connectivity index (χ1v) is 7.65. The maximum Gasteiger partial charge on any atom is 0.227 e. The first-order valence-electron chi connectivity index (χ1n) is 7.27. The first-order chi connectivity index (χ1) is 11.1. The van der Waals surface area contributed by atoms with Crippen molar-refractivity contribution in [2.24, 2.45) is 0 Å². The van der Waals surface area contributed by atoms with Gasteiger partial charge in [-0.25, -0.2) is 4.39 Å². The van der Waals surface area contributed by atoms with E-state index in [-0.39, 0.29) is 11.4 Å². The van der Waals surface area contributed by atoms with Crippen LogP contribution in [0.2, 0.25) is 5.02 Å². The number of H-pyrrole nitrogens is 1. The number of nitrogens with one attached hydrogen (secondary N) is 1. The molecule has 6 heteroatoms. The van der Waals surface area contributed by atoms with E-state index in [9.17, 15) is 9.18 Å². The molecule has 0 bridgehead atoms. The molecule has 1 aliphatic heterocycles. The third-order valence-electron chi connectivity index (χ3n) is 4.35. The van der Waals surface area contributed by atoms with E-state index >= 15 is 0 Å². The van der Waals surface area contributed by atoms with Crippen LogP contribution in [0.3, 0.4) is 0 Å². The second kappa shape index (κ2) is 5.06. The highest BCUT2D eigenvalue weighted by atomic mass is 35.5. The summed E-state index contributed by atoms with van der Waals surface area (Å²) in [4.78, 5) is 13.4. The lowest BCUT2D eigenvalue weighted by atomic mass is 9.95. The molecule has 1 amide bonds. The molecule has 0 saturated heterocycles. The van der Waals surface area contributed by atoms with Crippen molar-refractivity contribution in [1.82, 2.24) is 10.2 Å². The van der Waals surface area contributed by atoms with E-state index in [1.165, 1.54) is 0 Å². The van der Waals surface area contributed by atoms with Gasteiger partial charge in [0.1, 0.15) is 5.52 Å². The van der Waals surface area contributed by atoms with E-state index in [0.717, 1.165) is 16.8 Å². The van der Waals surface area contributed by atoms with E-state index in [2.05, 4.69) is 10.2 Å². The van der Waals surface area contributed by atoms with Crippen LogP contribution in [0.25, 0.3) is 22.0 Å². The van der Waals surface area contributed by atoms with Crippen LogP contribution in [0.1, 0.15) is 12.0 Å². The van der Waals surface area contributed by atoms with E-state index < -0.39 is 5.82 Å². The molecule has 2 heterocycles. The number of benzene rings is 2. The molecule has 0 unspecified atom stereocenters. The lowest BCUT2D eigenvalue weighted by molar-refractivity contribution is -0.118. The van der Waals surface area contributed by atoms with E-state index in [4.69, 9.17) is 11.6 Å². The van der Waals surface area contributed by atoms with Crippen LogP contribution in [0.5, 0.6) is 0 Å². The fourth-order valence-electron chi connectivity index (χ4n) is 3.07. The van der Waals surface area contributed by atoms with Gasteiger partial charge in [-0.15, -0.1) is 0 Å². The predicted molar refractivity (Wildman–Crippen MR) is 88.2 cm³/mol. The van der Waals surface area contributed by atoms with Crippen LogP contribution < -0.4 is 4.90 Å². The average molecular weight is 330 g/mol. The summed E-state index contributed by atoms with van der Waals surface area (Å²) in [6.45, 7) is 0. The highest BCUT2D eigenvalue weighted by molar-refractivity contribution is 6.35. The molecule has 0 fully saturated rings.